The molecule has 0 aliphatic carbocycles. The van der Waals surface area contributed by atoms with Crippen molar-refractivity contribution in [1.82, 2.24) is 0 Å². The first-order valence-electron chi connectivity index (χ1n) is 11.7. The van der Waals surface area contributed by atoms with Crippen molar-refractivity contribution in [2.45, 2.75) is 26.6 Å². The second-order valence-corrected chi connectivity index (χ2v) is 8.68. The number of amides is 1. The van der Waals surface area contributed by atoms with Crippen molar-refractivity contribution in [3.63, 3.8) is 0 Å². The number of hydrogen-bond acceptors (Lipinski definition) is 4. The van der Waals surface area contributed by atoms with Gasteiger partial charge in [-0.15, -0.1) is 0 Å². The lowest BCUT2D eigenvalue weighted by Crippen LogP contribution is -2.43. The van der Waals surface area contributed by atoms with E-state index in [4.69, 9.17) is 9.47 Å². The molecule has 1 heterocycles. The van der Waals surface area contributed by atoms with Crippen LogP contribution in [0.4, 0.5) is 11.4 Å². The average Bonchev–Trinajstić information content (AvgIpc) is 2.89. The monoisotopic (exact) mass is 464 g/mol. The van der Waals surface area contributed by atoms with Crippen LogP contribution in [-0.4, -0.2) is 13.0 Å². The molecule has 1 aliphatic heterocycles. The van der Waals surface area contributed by atoms with Crippen molar-refractivity contribution in [2.75, 3.05) is 17.3 Å². The summed E-state index contributed by atoms with van der Waals surface area (Å²) in [4.78, 5) is 15.4. The number of hydrogen-bond donors (Lipinski definition) is 1. The van der Waals surface area contributed by atoms with E-state index in [2.05, 4.69) is 11.4 Å². The van der Waals surface area contributed by atoms with Gasteiger partial charge in [0.2, 0.25) is 0 Å². The molecule has 0 spiro atoms. The molecule has 0 saturated heterocycles. The number of ether oxygens (including phenoxy) is 2. The molecule has 4 aromatic carbocycles. The fraction of sp³-hybridized carbons (Fsp3) is 0.167. The van der Waals surface area contributed by atoms with Crippen LogP contribution in [0.3, 0.4) is 0 Å². The van der Waals surface area contributed by atoms with Gasteiger partial charge in [0.1, 0.15) is 24.3 Å². The molecule has 176 valence electrons. The molecule has 1 atom stereocenters. The van der Waals surface area contributed by atoms with Crippen LogP contribution in [0.15, 0.2) is 91.0 Å². The number of rotatable bonds is 6. The van der Waals surface area contributed by atoms with E-state index in [9.17, 15) is 4.79 Å². The highest BCUT2D eigenvalue weighted by molar-refractivity contribution is 6.12. The van der Waals surface area contributed by atoms with E-state index in [1.807, 2.05) is 98.8 Å². The van der Waals surface area contributed by atoms with Crippen LogP contribution in [0.1, 0.15) is 38.8 Å². The maximum Gasteiger partial charge on any atom is 0.262 e. The molecule has 4 aromatic rings. The summed E-state index contributed by atoms with van der Waals surface area (Å²) in [6.45, 7) is 4.44. The van der Waals surface area contributed by atoms with E-state index >= 15 is 0 Å². The standard InChI is InChI=1S/C30H28N2O3/c1-20-10-9-11-21(2)28(20)35-19-23-18-22(16-17-27(23)34-3)29-31-26-15-8-7-14-25(26)30(33)32(29)24-12-5-4-6-13-24/h4-18,29,31H,19H2,1-3H3. The van der Waals surface area contributed by atoms with Gasteiger partial charge in [-0.1, -0.05) is 54.6 Å². The number of carbonyl (C=O) groups is 1. The molecule has 5 rings (SSSR count). The van der Waals surface area contributed by atoms with Crippen LogP contribution in [0, 0.1) is 13.8 Å². The largest absolute Gasteiger partial charge is 0.496 e. The summed E-state index contributed by atoms with van der Waals surface area (Å²) in [6, 6.07) is 29.5. The number of carbonyl (C=O) groups excluding carboxylic acids is 1. The number of nitrogens with zero attached hydrogens (tertiary/aromatic N) is 1. The van der Waals surface area contributed by atoms with Gasteiger partial charge in [-0.2, -0.15) is 0 Å². The predicted molar refractivity (Wildman–Crippen MR) is 139 cm³/mol. The van der Waals surface area contributed by atoms with Gasteiger partial charge in [0.05, 0.1) is 12.7 Å². The summed E-state index contributed by atoms with van der Waals surface area (Å²) in [5.41, 5.74) is 6.33. The highest BCUT2D eigenvalue weighted by atomic mass is 16.5. The topological polar surface area (TPSA) is 50.8 Å². The molecule has 0 fully saturated rings. The minimum Gasteiger partial charge on any atom is -0.496 e. The third kappa shape index (κ3) is 4.33. The summed E-state index contributed by atoms with van der Waals surface area (Å²) >= 11 is 0. The number of anilines is 2. The fourth-order valence-electron chi connectivity index (χ4n) is 4.60. The Morgan fingerprint density at radius 1 is 0.857 bits per heavy atom. The first-order chi connectivity index (χ1) is 17.1. The Bertz CT molecular complexity index is 1350. The van der Waals surface area contributed by atoms with Crippen LogP contribution < -0.4 is 19.7 Å². The zero-order valence-electron chi connectivity index (χ0n) is 20.1. The van der Waals surface area contributed by atoms with Crippen LogP contribution in [0.2, 0.25) is 0 Å². The Morgan fingerprint density at radius 2 is 1.57 bits per heavy atom. The van der Waals surface area contributed by atoms with E-state index in [0.29, 0.717) is 12.2 Å². The zero-order chi connectivity index (χ0) is 24.4. The second-order valence-electron chi connectivity index (χ2n) is 8.68. The maximum atomic E-state index is 13.6. The molecule has 5 nitrogen and oxygen atoms in total. The molecular formula is C30H28N2O3. The van der Waals surface area contributed by atoms with Gasteiger partial charge in [-0.05, 0) is 66.9 Å². The Morgan fingerprint density at radius 3 is 2.31 bits per heavy atom. The van der Waals surface area contributed by atoms with Crippen molar-refractivity contribution in [3.05, 3.63) is 119 Å². The number of fused-ring (bicyclic) bond motifs is 1. The summed E-state index contributed by atoms with van der Waals surface area (Å²) in [6.07, 6.45) is -0.385. The molecule has 0 saturated carbocycles. The van der Waals surface area contributed by atoms with E-state index in [0.717, 1.165) is 45.1 Å². The lowest BCUT2D eigenvalue weighted by atomic mass is 10.0. The summed E-state index contributed by atoms with van der Waals surface area (Å²) < 4.78 is 11.9. The van der Waals surface area contributed by atoms with E-state index in [1.54, 1.807) is 12.0 Å². The second kappa shape index (κ2) is 9.55. The quantitative estimate of drug-likeness (QED) is 0.347. The Balaban J connectivity index is 1.54. The van der Waals surface area contributed by atoms with Crippen molar-refractivity contribution >= 4 is 17.3 Å². The van der Waals surface area contributed by atoms with Crippen molar-refractivity contribution in [2.24, 2.45) is 0 Å². The summed E-state index contributed by atoms with van der Waals surface area (Å²) in [5.74, 6) is 1.58. The molecule has 35 heavy (non-hydrogen) atoms. The summed E-state index contributed by atoms with van der Waals surface area (Å²) in [5, 5.41) is 3.57. The number of benzene rings is 4. The Hall–Kier alpha value is -4.25. The molecule has 0 aromatic heterocycles. The van der Waals surface area contributed by atoms with Crippen LogP contribution in [0.25, 0.3) is 0 Å². The van der Waals surface area contributed by atoms with E-state index in [-0.39, 0.29) is 12.1 Å². The predicted octanol–water partition coefficient (Wildman–Crippen LogP) is 6.66. The van der Waals surface area contributed by atoms with Gasteiger partial charge in [0.25, 0.3) is 5.91 Å². The minimum atomic E-state index is -0.385. The average molecular weight is 465 g/mol. The smallest absolute Gasteiger partial charge is 0.262 e. The molecule has 1 amide bonds. The van der Waals surface area contributed by atoms with E-state index in [1.165, 1.54) is 0 Å². The Labute approximate surface area is 205 Å². The van der Waals surface area contributed by atoms with Crippen LogP contribution in [0.5, 0.6) is 11.5 Å². The number of para-hydroxylation sites is 3. The van der Waals surface area contributed by atoms with Crippen molar-refractivity contribution in [3.8, 4) is 11.5 Å². The molecular weight excluding hydrogens is 436 g/mol. The highest BCUT2D eigenvalue weighted by Crippen LogP contribution is 2.38. The fourth-order valence-corrected chi connectivity index (χ4v) is 4.60. The molecule has 0 bridgehead atoms. The molecule has 1 aliphatic rings. The van der Waals surface area contributed by atoms with Crippen LogP contribution in [-0.2, 0) is 6.61 Å². The normalized spacial score (nSPS) is 14.8. The Kier molecular flexibility index (Phi) is 6.15. The van der Waals surface area contributed by atoms with Gasteiger partial charge in [0, 0.05) is 16.9 Å². The summed E-state index contributed by atoms with van der Waals surface area (Å²) in [7, 11) is 1.66. The molecule has 5 heteroatoms. The first-order valence-corrected chi connectivity index (χ1v) is 11.7. The van der Waals surface area contributed by atoms with Gasteiger partial charge in [0.15, 0.2) is 0 Å². The number of aryl methyl sites for hydroxylation is 2. The van der Waals surface area contributed by atoms with Crippen molar-refractivity contribution < 1.29 is 14.3 Å². The third-order valence-electron chi connectivity index (χ3n) is 6.36. The maximum absolute atomic E-state index is 13.6. The first kappa shape index (κ1) is 22.5. The SMILES string of the molecule is COc1ccc(C2Nc3ccccc3C(=O)N2c2ccccc2)cc1COc1c(C)cccc1C. The van der Waals surface area contributed by atoms with Crippen molar-refractivity contribution in [1.29, 1.82) is 0 Å². The number of methoxy groups -OCH3 is 1. The molecule has 1 N–H and O–H groups in total. The lowest BCUT2D eigenvalue weighted by Gasteiger charge is -2.38. The third-order valence-corrected chi connectivity index (χ3v) is 6.36. The van der Waals surface area contributed by atoms with Crippen LogP contribution >= 0.6 is 0 Å². The zero-order valence-corrected chi connectivity index (χ0v) is 20.1. The van der Waals surface area contributed by atoms with Gasteiger partial charge < -0.3 is 14.8 Å². The lowest BCUT2D eigenvalue weighted by molar-refractivity contribution is 0.0975. The van der Waals surface area contributed by atoms with Gasteiger partial charge in [-0.25, -0.2) is 0 Å². The number of nitrogens with one attached hydrogen (secondary N) is 1. The molecule has 0 radical (unpaired) electrons. The van der Waals surface area contributed by atoms with Gasteiger partial charge in [-0.3, -0.25) is 9.69 Å². The molecule has 1 unspecified atom stereocenters. The minimum absolute atomic E-state index is 0.0419. The highest BCUT2D eigenvalue weighted by Gasteiger charge is 2.34. The van der Waals surface area contributed by atoms with E-state index < -0.39 is 0 Å². The van der Waals surface area contributed by atoms with Gasteiger partial charge >= 0.3 is 0 Å².